The summed E-state index contributed by atoms with van der Waals surface area (Å²) in [7, 11) is 1.50. The Balaban J connectivity index is 1.62. The van der Waals surface area contributed by atoms with Crippen LogP contribution in [0.1, 0.15) is 12.5 Å². The number of para-hydroxylation sites is 2. The number of carbonyl (C=O) groups is 2. The number of carbonyl (C=O) groups excluding carboxylic acids is 2. The highest BCUT2D eigenvalue weighted by Crippen LogP contribution is 2.26. The van der Waals surface area contributed by atoms with Gasteiger partial charge in [-0.1, -0.05) is 12.1 Å². The van der Waals surface area contributed by atoms with Crippen molar-refractivity contribution in [3.63, 3.8) is 0 Å². The van der Waals surface area contributed by atoms with Crippen LogP contribution in [-0.2, 0) is 20.7 Å². The summed E-state index contributed by atoms with van der Waals surface area (Å²) in [4.78, 5) is 24.5. The Kier molecular flexibility index (Phi) is 5.30. The van der Waals surface area contributed by atoms with Crippen LogP contribution >= 0.6 is 0 Å². The van der Waals surface area contributed by atoms with E-state index in [0.29, 0.717) is 28.0 Å². The molecule has 0 fully saturated rings. The number of phenolic OH excluding ortho intramolecular Hbond substituents is 1. The van der Waals surface area contributed by atoms with Crippen molar-refractivity contribution in [3.8, 4) is 11.5 Å². The zero-order valence-corrected chi connectivity index (χ0v) is 14.9. The van der Waals surface area contributed by atoms with Crippen LogP contribution in [0.25, 0.3) is 11.0 Å². The van der Waals surface area contributed by atoms with Gasteiger partial charge in [0, 0.05) is 17.0 Å². The number of anilines is 1. The maximum atomic E-state index is 12.3. The molecule has 0 aliphatic heterocycles. The lowest BCUT2D eigenvalue weighted by Crippen LogP contribution is -2.30. The van der Waals surface area contributed by atoms with Gasteiger partial charge in [-0.2, -0.15) is 0 Å². The number of amides is 1. The minimum atomic E-state index is -0.982. The zero-order valence-electron chi connectivity index (χ0n) is 14.9. The first-order valence-electron chi connectivity index (χ1n) is 8.30. The maximum Gasteiger partial charge on any atom is 0.311 e. The number of furan rings is 1. The molecule has 140 valence electrons. The van der Waals surface area contributed by atoms with Crippen LogP contribution in [0.4, 0.5) is 5.69 Å². The van der Waals surface area contributed by atoms with E-state index in [1.54, 1.807) is 30.3 Å². The number of hydrogen-bond donors (Lipinski definition) is 2. The molecule has 7 nitrogen and oxygen atoms in total. The number of ether oxygens (including phenoxy) is 2. The van der Waals surface area contributed by atoms with Crippen molar-refractivity contribution in [3.05, 3.63) is 54.3 Å². The molecular weight excluding hydrogens is 350 g/mol. The van der Waals surface area contributed by atoms with E-state index in [1.807, 2.05) is 0 Å². The van der Waals surface area contributed by atoms with Crippen molar-refractivity contribution in [2.24, 2.45) is 0 Å². The summed E-state index contributed by atoms with van der Waals surface area (Å²) in [5.41, 5.74) is 1.58. The fourth-order valence-electron chi connectivity index (χ4n) is 2.64. The summed E-state index contributed by atoms with van der Waals surface area (Å²) >= 11 is 0. The van der Waals surface area contributed by atoms with Crippen molar-refractivity contribution in [1.29, 1.82) is 0 Å². The van der Waals surface area contributed by atoms with Crippen molar-refractivity contribution in [2.45, 2.75) is 19.4 Å². The molecular formula is C20H19NO6. The largest absolute Gasteiger partial charge is 0.508 e. The number of phenols is 1. The first-order chi connectivity index (χ1) is 13.0. The fourth-order valence-corrected chi connectivity index (χ4v) is 2.64. The lowest BCUT2D eigenvalue weighted by Gasteiger charge is -2.15. The molecule has 1 heterocycles. The lowest BCUT2D eigenvalue weighted by atomic mass is 10.1. The third kappa shape index (κ3) is 4.20. The first kappa shape index (κ1) is 18.3. The molecule has 7 heteroatoms. The van der Waals surface area contributed by atoms with E-state index in [-0.39, 0.29) is 12.2 Å². The number of esters is 1. The maximum absolute atomic E-state index is 12.3. The molecule has 0 saturated heterocycles. The van der Waals surface area contributed by atoms with E-state index >= 15 is 0 Å². The molecule has 3 aromatic rings. The van der Waals surface area contributed by atoms with Crippen molar-refractivity contribution in [2.75, 3.05) is 12.4 Å². The molecule has 27 heavy (non-hydrogen) atoms. The smallest absolute Gasteiger partial charge is 0.311 e. The summed E-state index contributed by atoms with van der Waals surface area (Å²) in [6, 6.07) is 11.6. The Morgan fingerprint density at radius 2 is 2.00 bits per heavy atom. The number of benzene rings is 2. The second-order valence-corrected chi connectivity index (χ2v) is 5.94. The summed E-state index contributed by atoms with van der Waals surface area (Å²) < 4.78 is 15.7. The van der Waals surface area contributed by atoms with Gasteiger partial charge in [0.15, 0.2) is 6.10 Å². The molecule has 0 bridgehead atoms. The van der Waals surface area contributed by atoms with E-state index in [1.165, 1.54) is 32.4 Å². The third-order valence-electron chi connectivity index (χ3n) is 4.02. The first-order valence-corrected chi connectivity index (χ1v) is 8.30. The highest BCUT2D eigenvalue weighted by Gasteiger charge is 2.20. The standard InChI is InChI=1S/C20H19NO6/c1-12(20(24)21-16-5-3-4-6-17(16)25-2)27-19(23)9-13-11-26-18-10-14(22)7-8-15(13)18/h3-8,10-12,22H,9H2,1-2H3,(H,21,24)/t12-/m0/s1. The van der Waals surface area contributed by atoms with Crippen LogP contribution in [0, 0.1) is 0 Å². The molecule has 0 unspecified atom stereocenters. The van der Waals surface area contributed by atoms with Crippen LogP contribution < -0.4 is 10.1 Å². The zero-order chi connectivity index (χ0) is 19.4. The van der Waals surface area contributed by atoms with Gasteiger partial charge in [-0.15, -0.1) is 0 Å². The molecule has 0 aliphatic rings. The average Bonchev–Trinajstić information content (AvgIpc) is 3.03. The van der Waals surface area contributed by atoms with E-state index < -0.39 is 18.0 Å². The van der Waals surface area contributed by atoms with Gasteiger partial charge in [-0.3, -0.25) is 9.59 Å². The van der Waals surface area contributed by atoms with Crippen LogP contribution in [0.15, 0.2) is 53.1 Å². The predicted octanol–water partition coefficient (Wildman–Crippen LogP) is 3.26. The Morgan fingerprint density at radius 3 is 2.78 bits per heavy atom. The number of aromatic hydroxyl groups is 1. The third-order valence-corrected chi connectivity index (χ3v) is 4.02. The van der Waals surface area contributed by atoms with Gasteiger partial charge in [-0.05, 0) is 31.2 Å². The molecule has 0 spiro atoms. The van der Waals surface area contributed by atoms with Gasteiger partial charge in [0.1, 0.15) is 17.1 Å². The normalized spacial score (nSPS) is 11.8. The molecule has 0 radical (unpaired) electrons. The minimum Gasteiger partial charge on any atom is -0.508 e. The summed E-state index contributed by atoms with van der Waals surface area (Å²) in [6.45, 7) is 1.49. The van der Waals surface area contributed by atoms with E-state index in [4.69, 9.17) is 13.9 Å². The van der Waals surface area contributed by atoms with Crippen LogP contribution in [-0.4, -0.2) is 30.2 Å². The number of rotatable bonds is 6. The van der Waals surface area contributed by atoms with Crippen molar-refractivity contribution >= 4 is 28.5 Å². The van der Waals surface area contributed by atoms with E-state index in [9.17, 15) is 14.7 Å². The summed E-state index contributed by atoms with van der Waals surface area (Å²) in [5, 5.41) is 12.8. The SMILES string of the molecule is COc1ccccc1NC(=O)[C@H](C)OC(=O)Cc1coc2cc(O)ccc12. The molecule has 3 rings (SSSR count). The molecule has 0 saturated carbocycles. The van der Waals surface area contributed by atoms with Crippen LogP contribution in [0.3, 0.4) is 0 Å². The predicted molar refractivity (Wildman–Crippen MR) is 98.8 cm³/mol. The molecule has 2 N–H and O–H groups in total. The lowest BCUT2D eigenvalue weighted by molar-refractivity contribution is -0.152. The molecule has 1 amide bonds. The molecule has 0 aliphatic carbocycles. The van der Waals surface area contributed by atoms with Gasteiger partial charge in [0.2, 0.25) is 0 Å². The highest BCUT2D eigenvalue weighted by molar-refractivity contribution is 5.96. The molecule has 1 atom stereocenters. The Labute approximate surface area is 155 Å². The topological polar surface area (TPSA) is 98.0 Å². The Morgan fingerprint density at radius 1 is 1.22 bits per heavy atom. The van der Waals surface area contributed by atoms with Gasteiger partial charge in [0.05, 0.1) is 25.5 Å². The molecule has 1 aromatic heterocycles. The van der Waals surface area contributed by atoms with Crippen molar-refractivity contribution < 1.29 is 28.6 Å². The average molecular weight is 369 g/mol. The van der Waals surface area contributed by atoms with Crippen LogP contribution in [0.5, 0.6) is 11.5 Å². The number of methoxy groups -OCH3 is 1. The summed E-state index contributed by atoms with van der Waals surface area (Å²) in [5.74, 6) is -0.437. The highest BCUT2D eigenvalue weighted by atomic mass is 16.5. The number of fused-ring (bicyclic) bond motifs is 1. The van der Waals surface area contributed by atoms with Gasteiger partial charge < -0.3 is 24.3 Å². The van der Waals surface area contributed by atoms with Crippen molar-refractivity contribution in [1.82, 2.24) is 0 Å². The Bertz CT molecular complexity index is 978. The minimum absolute atomic E-state index is 0.0515. The number of hydrogen-bond acceptors (Lipinski definition) is 6. The van der Waals surface area contributed by atoms with E-state index in [2.05, 4.69) is 5.32 Å². The fraction of sp³-hybridized carbons (Fsp3) is 0.200. The second-order valence-electron chi connectivity index (χ2n) is 5.94. The second kappa shape index (κ2) is 7.82. The van der Waals surface area contributed by atoms with Gasteiger partial charge in [-0.25, -0.2) is 0 Å². The van der Waals surface area contributed by atoms with Gasteiger partial charge in [0.25, 0.3) is 5.91 Å². The Hall–Kier alpha value is -3.48. The van der Waals surface area contributed by atoms with Gasteiger partial charge >= 0.3 is 5.97 Å². The van der Waals surface area contributed by atoms with Crippen LogP contribution in [0.2, 0.25) is 0 Å². The summed E-state index contributed by atoms with van der Waals surface area (Å²) in [6.07, 6.45) is 0.402. The molecule has 2 aromatic carbocycles. The quantitative estimate of drug-likeness (QED) is 0.647. The van der Waals surface area contributed by atoms with E-state index in [0.717, 1.165) is 0 Å². The monoisotopic (exact) mass is 369 g/mol. The number of nitrogens with one attached hydrogen (secondary N) is 1.